The molecule has 0 spiro atoms. The first-order chi connectivity index (χ1) is 13.6. The molecule has 1 heterocycles. The first kappa shape index (κ1) is 16.9. The summed E-state index contributed by atoms with van der Waals surface area (Å²) in [6.45, 7) is 0. The number of ether oxygens (including phenoxy) is 1. The van der Waals surface area contributed by atoms with E-state index in [1.165, 1.54) is 35.0 Å². The second-order valence-corrected chi connectivity index (χ2v) is 7.79. The number of aryl methyl sites for hydroxylation is 2. The van der Waals surface area contributed by atoms with E-state index in [4.69, 9.17) is 0 Å². The second-order valence-electron chi connectivity index (χ2n) is 6.76. The molecule has 0 bridgehead atoms. The number of aromatic nitrogens is 1. The van der Waals surface area contributed by atoms with Gasteiger partial charge in [-0.1, -0.05) is 29.5 Å². The molecule has 138 valence electrons. The van der Waals surface area contributed by atoms with Crippen LogP contribution in [0.4, 0.5) is 5.13 Å². The molecule has 1 aliphatic carbocycles. The van der Waals surface area contributed by atoms with Gasteiger partial charge in [0.25, 0.3) is 5.91 Å². The highest BCUT2D eigenvalue weighted by molar-refractivity contribution is 7.22. The molecule has 1 aliphatic rings. The highest BCUT2D eigenvalue weighted by Crippen LogP contribution is 2.39. The number of carbonyl (C=O) groups is 2. The van der Waals surface area contributed by atoms with Crippen LogP contribution in [0.15, 0.2) is 48.5 Å². The molecular formula is C22H16N2O3S. The Kier molecular flexibility index (Phi) is 3.87. The summed E-state index contributed by atoms with van der Waals surface area (Å²) in [6, 6.07) is 14.9. The van der Waals surface area contributed by atoms with E-state index in [-0.39, 0.29) is 5.91 Å². The number of esters is 1. The highest BCUT2D eigenvalue weighted by atomic mass is 32.1. The summed E-state index contributed by atoms with van der Waals surface area (Å²) in [7, 11) is 1.33. The lowest BCUT2D eigenvalue weighted by molar-refractivity contribution is 0.0600. The normalized spacial score (nSPS) is 12.5. The van der Waals surface area contributed by atoms with Crippen molar-refractivity contribution in [2.24, 2.45) is 0 Å². The topological polar surface area (TPSA) is 68.3 Å². The lowest BCUT2D eigenvalue weighted by Crippen LogP contribution is -2.12. The number of fused-ring (bicyclic) bond motifs is 2. The second kappa shape index (κ2) is 6.42. The van der Waals surface area contributed by atoms with Gasteiger partial charge >= 0.3 is 5.97 Å². The minimum Gasteiger partial charge on any atom is -0.465 e. The van der Waals surface area contributed by atoms with Crippen molar-refractivity contribution in [2.45, 2.75) is 12.8 Å². The molecular weight excluding hydrogens is 372 g/mol. The quantitative estimate of drug-likeness (QED) is 0.521. The molecule has 3 aromatic carbocycles. The van der Waals surface area contributed by atoms with Crippen LogP contribution in [0.2, 0.25) is 0 Å². The van der Waals surface area contributed by atoms with E-state index in [1.807, 2.05) is 0 Å². The van der Waals surface area contributed by atoms with E-state index in [9.17, 15) is 9.59 Å². The number of hydrogen-bond donors (Lipinski definition) is 1. The fourth-order valence-electron chi connectivity index (χ4n) is 3.80. The van der Waals surface area contributed by atoms with Gasteiger partial charge < -0.3 is 4.74 Å². The van der Waals surface area contributed by atoms with E-state index >= 15 is 0 Å². The maximum Gasteiger partial charge on any atom is 0.337 e. The van der Waals surface area contributed by atoms with Crippen molar-refractivity contribution < 1.29 is 14.3 Å². The molecule has 0 unspecified atom stereocenters. The van der Waals surface area contributed by atoms with Crippen molar-refractivity contribution in [1.29, 1.82) is 0 Å². The molecule has 0 saturated carbocycles. The third-order valence-corrected chi connectivity index (χ3v) is 6.06. The van der Waals surface area contributed by atoms with Crippen molar-refractivity contribution in [1.82, 2.24) is 4.98 Å². The molecule has 0 atom stereocenters. The first-order valence-electron chi connectivity index (χ1n) is 8.98. The third kappa shape index (κ3) is 2.65. The predicted octanol–water partition coefficient (Wildman–Crippen LogP) is 4.59. The lowest BCUT2D eigenvalue weighted by Gasteiger charge is -2.03. The van der Waals surface area contributed by atoms with Gasteiger partial charge in [0.2, 0.25) is 0 Å². The van der Waals surface area contributed by atoms with Gasteiger partial charge in [-0.3, -0.25) is 10.1 Å². The number of benzene rings is 3. The summed E-state index contributed by atoms with van der Waals surface area (Å²) in [5, 5.41) is 5.92. The fourth-order valence-corrected chi connectivity index (χ4v) is 4.75. The Morgan fingerprint density at radius 1 is 1.04 bits per heavy atom. The largest absolute Gasteiger partial charge is 0.465 e. The van der Waals surface area contributed by atoms with Crippen LogP contribution < -0.4 is 5.32 Å². The van der Waals surface area contributed by atoms with Crippen molar-refractivity contribution in [2.75, 3.05) is 12.4 Å². The number of thiazole rings is 1. The highest BCUT2D eigenvalue weighted by Gasteiger charge is 2.19. The van der Waals surface area contributed by atoms with E-state index in [0.717, 1.165) is 28.4 Å². The number of hydrogen-bond acceptors (Lipinski definition) is 5. The molecule has 0 saturated heterocycles. The molecule has 5 nitrogen and oxygen atoms in total. The molecule has 1 N–H and O–H groups in total. The number of anilines is 1. The van der Waals surface area contributed by atoms with Gasteiger partial charge in [0.1, 0.15) is 0 Å². The minimum atomic E-state index is -0.429. The fraction of sp³-hybridized carbons (Fsp3) is 0.136. The minimum absolute atomic E-state index is 0.257. The van der Waals surface area contributed by atoms with Crippen LogP contribution in [0, 0.1) is 0 Å². The number of nitrogens with one attached hydrogen (secondary N) is 1. The SMILES string of the molecule is COC(=O)c1ccc(C(=O)Nc2nc3c(cc4c5c(cccc53)CC4)s2)cc1. The maximum atomic E-state index is 12.6. The Hall–Kier alpha value is -3.25. The van der Waals surface area contributed by atoms with E-state index in [0.29, 0.717) is 16.3 Å². The molecule has 0 aliphatic heterocycles. The van der Waals surface area contributed by atoms with E-state index in [2.05, 4.69) is 39.3 Å². The summed E-state index contributed by atoms with van der Waals surface area (Å²) < 4.78 is 5.76. The van der Waals surface area contributed by atoms with Gasteiger partial charge in [-0.25, -0.2) is 9.78 Å². The molecule has 5 rings (SSSR count). The summed E-state index contributed by atoms with van der Waals surface area (Å²) >= 11 is 1.48. The van der Waals surface area contributed by atoms with Crippen LogP contribution in [-0.2, 0) is 17.6 Å². The molecule has 0 radical (unpaired) electrons. The predicted molar refractivity (Wildman–Crippen MR) is 110 cm³/mol. The smallest absolute Gasteiger partial charge is 0.337 e. The Balaban J connectivity index is 1.47. The van der Waals surface area contributed by atoms with Gasteiger partial charge in [0, 0.05) is 10.9 Å². The van der Waals surface area contributed by atoms with E-state index < -0.39 is 5.97 Å². The van der Waals surface area contributed by atoms with Crippen LogP contribution in [0.3, 0.4) is 0 Å². The van der Waals surface area contributed by atoms with Gasteiger partial charge in [0.15, 0.2) is 5.13 Å². The zero-order valence-corrected chi connectivity index (χ0v) is 15.9. The van der Waals surface area contributed by atoms with Crippen LogP contribution in [-0.4, -0.2) is 24.0 Å². The molecule has 1 aromatic heterocycles. The Morgan fingerprint density at radius 3 is 2.57 bits per heavy atom. The average molecular weight is 388 g/mol. The number of methoxy groups -OCH3 is 1. The third-order valence-electron chi connectivity index (χ3n) is 5.14. The molecule has 28 heavy (non-hydrogen) atoms. The Labute approximate surface area is 165 Å². The van der Waals surface area contributed by atoms with Crippen LogP contribution in [0.1, 0.15) is 31.8 Å². The Bertz CT molecular complexity index is 1260. The summed E-state index contributed by atoms with van der Waals surface area (Å²) in [5.74, 6) is -0.686. The number of carbonyl (C=O) groups excluding carboxylic acids is 2. The number of rotatable bonds is 3. The summed E-state index contributed by atoms with van der Waals surface area (Å²) in [4.78, 5) is 28.8. The maximum absolute atomic E-state index is 12.6. The average Bonchev–Trinajstić information content (AvgIpc) is 3.32. The summed E-state index contributed by atoms with van der Waals surface area (Å²) in [6.07, 6.45) is 2.13. The molecule has 4 aromatic rings. The molecule has 6 heteroatoms. The van der Waals surface area contributed by atoms with E-state index in [1.54, 1.807) is 24.3 Å². The van der Waals surface area contributed by atoms with Crippen LogP contribution >= 0.6 is 11.3 Å². The lowest BCUT2D eigenvalue weighted by atomic mass is 10.0. The van der Waals surface area contributed by atoms with Gasteiger partial charge in [-0.15, -0.1) is 0 Å². The van der Waals surface area contributed by atoms with Crippen molar-refractivity contribution >= 4 is 49.3 Å². The Morgan fingerprint density at radius 2 is 1.79 bits per heavy atom. The number of amides is 1. The standard InChI is InChI=1S/C22H16N2O3S/c1-27-21(26)14-8-6-13(7-9-14)20(25)24-22-23-19-16-4-2-3-12-5-10-15(18(12)16)11-17(19)28-22/h2-4,6-9,11H,5,10H2,1H3,(H,23,24,25). The molecule has 0 fully saturated rings. The van der Waals surface area contributed by atoms with Crippen molar-refractivity contribution in [3.63, 3.8) is 0 Å². The van der Waals surface area contributed by atoms with Crippen molar-refractivity contribution in [3.05, 3.63) is 70.8 Å². The van der Waals surface area contributed by atoms with Gasteiger partial charge in [0.05, 0.1) is 22.9 Å². The number of nitrogens with zero attached hydrogens (tertiary/aromatic N) is 1. The zero-order valence-electron chi connectivity index (χ0n) is 15.1. The van der Waals surface area contributed by atoms with Crippen LogP contribution in [0.25, 0.3) is 21.0 Å². The van der Waals surface area contributed by atoms with Gasteiger partial charge in [-0.05, 0) is 59.7 Å². The van der Waals surface area contributed by atoms with Gasteiger partial charge in [-0.2, -0.15) is 0 Å². The molecule has 1 amide bonds. The van der Waals surface area contributed by atoms with Crippen LogP contribution in [0.5, 0.6) is 0 Å². The first-order valence-corrected chi connectivity index (χ1v) is 9.79. The summed E-state index contributed by atoms with van der Waals surface area (Å²) in [5.41, 5.74) is 4.53. The zero-order chi connectivity index (χ0) is 19.3. The van der Waals surface area contributed by atoms with Crippen molar-refractivity contribution in [3.8, 4) is 0 Å². The monoisotopic (exact) mass is 388 g/mol.